The molecule has 0 saturated heterocycles. The Bertz CT molecular complexity index is 302. The average molecular weight is 256 g/mol. The molecule has 5 heteroatoms. The molecule has 1 rings (SSSR count). The second-order valence-electron chi connectivity index (χ2n) is 5.87. The highest BCUT2D eigenvalue weighted by atomic mass is 16.6. The number of nitrogens with one attached hydrogen (secondary N) is 2. The summed E-state index contributed by atoms with van der Waals surface area (Å²) in [5.74, 6) is 0.160. The number of alkyl carbamates (subject to hydrolysis) is 1. The fraction of sp³-hybridized carbons (Fsp3) is 0.846. The van der Waals surface area contributed by atoms with Crippen LogP contribution in [0.2, 0.25) is 0 Å². The largest absolute Gasteiger partial charge is 0.446 e. The SMILES string of the molecule is CNC(=O)C1CCC(OC(=O)NC(C)(C)C)CC1. The summed E-state index contributed by atoms with van der Waals surface area (Å²) >= 11 is 0. The molecule has 0 aromatic rings. The molecule has 1 fully saturated rings. The second-order valence-corrected chi connectivity index (χ2v) is 5.87. The van der Waals surface area contributed by atoms with Crippen LogP contribution in [0.15, 0.2) is 0 Å². The van der Waals surface area contributed by atoms with E-state index in [-0.39, 0.29) is 29.6 Å². The highest BCUT2D eigenvalue weighted by molar-refractivity contribution is 5.78. The highest BCUT2D eigenvalue weighted by Gasteiger charge is 2.28. The van der Waals surface area contributed by atoms with Crippen LogP contribution in [0, 0.1) is 5.92 Å². The smallest absolute Gasteiger partial charge is 0.407 e. The fourth-order valence-corrected chi connectivity index (χ4v) is 2.13. The van der Waals surface area contributed by atoms with Crippen molar-refractivity contribution in [2.24, 2.45) is 5.92 Å². The summed E-state index contributed by atoms with van der Waals surface area (Å²) in [6.45, 7) is 5.74. The standard InChI is InChI=1S/C13H24N2O3/c1-13(2,3)15-12(17)18-10-7-5-9(6-8-10)11(16)14-4/h9-10H,5-8H2,1-4H3,(H,14,16)(H,15,17). The van der Waals surface area contributed by atoms with Gasteiger partial charge in [-0.1, -0.05) is 0 Å². The van der Waals surface area contributed by atoms with Gasteiger partial charge in [-0.2, -0.15) is 0 Å². The van der Waals surface area contributed by atoms with Gasteiger partial charge in [0.25, 0.3) is 0 Å². The Morgan fingerprint density at radius 1 is 1.11 bits per heavy atom. The maximum atomic E-state index is 11.6. The Balaban J connectivity index is 2.31. The molecule has 0 aromatic heterocycles. The van der Waals surface area contributed by atoms with Gasteiger partial charge >= 0.3 is 6.09 Å². The van der Waals surface area contributed by atoms with E-state index in [2.05, 4.69) is 10.6 Å². The molecule has 1 aliphatic rings. The lowest BCUT2D eigenvalue weighted by atomic mass is 9.87. The molecule has 0 atom stereocenters. The van der Waals surface area contributed by atoms with Gasteiger partial charge < -0.3 is 15.4 Å². The third-order valence-electron chi connectivity index (χ3n) is 3.04. The summed E-state index contributed by atoms with van der Waals surface area (Å²) in [6, 6.07) is 0. The molecule has 1 aliphatic carbocycles. The number of carbonyl (C=O) groups is 2. The lowest BCUT2D eigenvalue weighted by Crippen LogP contribution is -2.43. The van der Waals surface area contributed by atoms with Crippen LogP contribution in [0.25, 0.3) is 0 Å². The summed E-state index contributed by atoms with van der Waals surface area (Å²) in [6.07, 6.45) is 2.66. The summed E-state index contributed by atoms with van der Waals surface area (Å²) in [5, 5.41) is 5.43. The van der Waals surface area contributed by atoms with Crippen LogP contribution in [0.4, 0.5) is 4.79 Å². The number of carbonyl (C=O) groups excluding carboxylic acids is 2. The first kappa shape index (κ1) is 14.8. The topological polar surface area (TPSA) is 67.4 Å². The molecule has 0 spiro atoms. The molecule has 0 bridgehead atoms. The van der Waals surface area contributed by atoms with E-state index in [0.717, 1.165) is 25.7 Å². The molecular formula is C13H24N2O3. The summed E-state index contributed by atoms with van der Waals surface area (Å²) < 4.78 is 5.35. The van der Waals surface area contributed by atoms with Crippen molar-refractivity contribution in [2.75, 3.05) is 7.05 Å². The predicted octanol–water partition coefficient (Wildman–Crippen LogP) is 1.82. The maximum absolute atomic E-state index is 11.6. The summed E-state index contributed by atoms with van der Waals surface area (Å²) in [7, 11) is 1.65. The molecule has 0 heterocycles. The lowest BCUT2D eigenvalue weighted by Gasteiger charge is -2.28. The third kappa shape index (κ3) is 4.94. The van der Waals surface area contributed by atoms with E-state index < -0.39 is 0 Å². The van der Waals surface area contributed by atoms with Crippen LogP contribution in [-0.4, -0.2) is 30.7 Å². The van der Waals surface area contributed by atoms with Crippen molar-refractivity contribution in [3.8, 4) is 0 Å². The van der Waals surface area contributed by atoms with Crippen molar-refractivity contribution in [2.45, 2.75) is 58.1 Å². The molecule has 104 valence electrons. The van der Waals surface area contributed by atoms with Gasteiger partial charge in [0.2, 0.25) is 5.91 Å². The van der Waals surface area contributed by atoms with Crippen LogP contribution in [-0.2, 0) is 9.53 Å². The molecule has 0 aromatic carbocycles. The number of ether oxygens (including phenoxy) is 1. The molecule has 0 radical (unpaired) electrons. The van der Waals surface area contributed by atoms with Crippen LogP contribution in [0.3, 0.4) is 0 Å². The van der Waals surface area contributed by atoms with E-state index in [1.54, 1.807) is 7.05 Å². The van der Waals surface area contributed by atoms with E-state index in [1.165, 1.54) is 0 Å². The molecule has 18 heavy (non-hydrogen) atoms. The fourth-order valence-electron chi connectivity index (χ4n) is 2.13. The van der Waals surface area contributed by atoms with Crippen molar-refractivity contribution in [3.05, 3.63) is 0 Å². The monoisotopic (exact) mass is 256 g/mol. The van der Waals surface area contributed by atoms with Crippen molar-refractivity contribution < 1.29 is 14.3 Å². The van der Waals surface area contributed by atoms with E-state index in [9.17, 15) is 9.59 Å². The van der Waals surface area contributed by atoms with Crippen LogP contribution >= 0.6 is 0 Å². The number of rotatable bonds is 2. The van der Waals surface area contributed by atoms with Gasteiger partial charge in [0, 0.05) is 18.5 Å². The minimum absolute atomic E-state index is 0.0618. The number of hydrogen-bond acceptors (Lipinski definition) is 3. The molecule has 0 unspecified atom stereocenters. The zero-order valence-electron chi connectivity index (χ0n) is 11.7. The van der Waals surface area contributed by atoms with Gasteiger partial charge in [-0.25, -0.2) is 4.79 Å². The predicted molar refractivity (Wildman–Crippen MR) is 69.2 cm³/mol. The minimum atomic E-state index is -0.370. The van der Waals surface area contributed by atoms with E-state index >= 15 is 0 Å². The molecule has 0 aliphatic heterocycles. The maximum Gasteiger partial charge on any atom is 0.407 e. The quantitative estimate of drug-likeness (QED) is 0.792. The summed E-state index contributed by atoms with van der Waals surface area (Å²) in [4.78, 5) is 23.0. The molecule has 2 N–H and O–H groups in total. The van der Waals surface area contributed by atoms with Gasteiger partial charge in [-0.05, 0) is 46.5 Å². The van der Waals surface area contributed by atoms with Crippen molar-refractivity contribution >= 4 is 12.0 Å². The molecular weight excluding hydrogens is 232 g/mol. The van der Waals surface area contributed by atoms with E-state index in [1.807, 2.05) is 20.8 Å². The minimum Gasteiger partial charge on any atom is -0.446 e. The van der Waals surface area contributed by atoms with Gasteiger partial charge in [0.15, 0.2) is 0 Å². The summed E-state index contributed by atoms with van der Waals surface area (Å²) in [5.41, 5.74) is -0.281. The van der Waals surface area contributed by atoms with Crippen molar-refractivity contribution in [1.82, 2.24) is 10.6 Å². The molecule has 1 saturated carbocycles. The zero-order valence-corrected chi connectivity index (χ0v) is 11.7. The Morgan fingerprint density at radius 2 is 1.67 bits per heavy atom. The van der Waals surface area contributed by atoms with Crippen LogP contribution in [0.5, 0.6) is 0 Å². The van der Waals surface area contributed by atoms with E-state index in [0.29, 0.717) is 0 Å². The average Bonchev–Trinajstić information content (AvgIpc) is 2.26. The highest BCUT2D eigenvalue weighted by Crippen LogP contribution is 2.26. The lowest BCUT2D eigenvalue weighted by molar-refractivity contribution is -0.126. The Labute approximate surface area is 109 Å². The number of amides is 2. The van der Waals surface area contributed by atoms with Crippen LogP contribution < -0.4 is 10.6 Å². The third-order valence-corrected chi connectivity index (χ3v) is 3.04. The Kier molecular flexibility index (Phi) is 4.99. The Morgan fingerprint density at radius 3 is 2.11 bits per heavy atom. The first-order valence-corrected chi connectivity index (χ1v) is 6.52. The van der Waals surface area contributed by atoms with Gasteiger partial charge in [0.05, 0.1) is 0 Å². The van der Waals surface area contributed by atoms with Gasteiger partial charge in [0.1, 0.15) is 6.10 Å². The van der Waals surface area contributed by atoms with Crippen molar-refractivity contribution in [3.63, 3.8) is 0 Å². The Hall–Kier alpha value is -1.26. The molecule has 2 amide bonds. The van der Waals surface area contributed by atoms with Gasteiger partial charge in [-0.3, -0.25) is 4.79 Å². The van der Waals surface area contributed by atoms with Crippen LogP contribution in [0.1, 0.15) is 46.5 Å². The normalized spacial score (nSPS) is 24.2. The zero-order chi connectivity index (χ0) is 13.8. The van der Waals surface area contributed by atoms with Gasteiger partial charge in [-0.15, -0.1) is 0 Å². The molecule has 5 nitrogen and oxygen atoms in total. The first-order chi connectivity index (χ1) is 8.31. The second kappa shape index (κ2) is 6.07. The van der Waals surface area contributed by atoms with Crippen molar-refractivity contribution in [1.29, 1.82) is 0 Å². The van der Waals surface area contributed by atoms with E-state index in [4.69, 9.17) is 4.74 Å². The number of hydrogen-bond donors (Lipinski definition) is 2. The first-order valence-electron chi connectivity index (χ1n) is 6.52.